The zero-order chi connectivity index (χ0) is 12.3. The minimum atomic E-state index is 0.0763. The summed E-state index contributed by atoms with van der Waals surface area (Å²) in [5.74, 6) is 0.0763. The highest BCUT2D eigenvalue weighted by Crippen LogP contribution is 2.11. The van der Waals surface area contributed by atoms with Crippen molar-refractivity contribution in [1.82, 2.24) is 20.4 Å². The molecule has 1 amide bonds. The fourth-order valence-corrected chi connectivity index (χ4v) is 2.27. The molecule has 0 saturated carbocycles. The maximum absolute atomic E-state index is 12.3. The van der Waals surface area contributed by atoms with Gasteiger partial charge in [0.2, 0.25) is 0 Å². The highest BCUT2D eigenvalue weighted by Gasteiger charge is 2.22. The Balaban J connectivity index is 2.02. The average Bonchev–Trinajstić information content (AvgIpc) is 2.96. The molecule has 0 radical (unpaired) electrons. The van der Waals surface area contributed by atoms with E-state index >= 15 is 0 Å². The number of carbonyl (C=O) groups excluding carboxylic acids is 1. The van der Waals surface area contributed by atoms with E-state index in [0.717, 1.165) is 31.7 Å². The molecule has 2 heterocycles. The van der Waals surface area contributed by atoms with E-state index in [1.165, 1.54) is 6.42 Å². The van der Waals surface area contributed by atoms with Gasteiger partial charge in [0, 0.05) is 24.8 Å². The average molecular weight is 236 g/mol. The van der Waals surface area contributed by atoms with E-state index in [4.69, 9.17) is 0 Å². The Hall–Kier alpha value is -1.36. The van der Waals surface area contributed by atoms with Crippen molar-refractivity contribution in [3.05, 3.63) is 17.5 Å². The van der Waals surface area contributed by atoms with Crippen molar-refractivity contribution >= 4 is 5.91 Å². The van der Waals surface area contributed by atoms with Crippen LogP contribution in [-0.4, -0.2) is 46.7 Å². The van der Waals surface area contributed by atoms with Crippen molar-refractivity contribution in [1.29, 1.82) is 0 Å². The summed E-state index contributed by atoms with van der Waals surface area (Å²) in [5.41, 5.74) is 1.53. The van der Waals surface area contributed by atoms with Crippen LogP contribution in [0.1, 0.15) is 35.8 Å². The Morgan fingerprint density at radius 3 is 3.00 bits per heavy atom. The van der Waals surface area contributed by atoms with Crippen molar-refractivity contribution in [3.8, 4) is 0 Å². The molecule has 1 aromatic rings. The summed E-state index contributed by atoms with van der Waals surface area (Å²) >= 11 is 0. The van der Waals surface area contributed by atoms with Crippen molar-refractivity contribution in [2.24, 2.45) is 0 Å². The highest BCUT2D eigenvalue weighted by atomic mass is 16.2. The molecule has 94 valence electrons. The molecule has 5 nitrogen and oxygen atoms in total. The Morgan fingerprint density at radius 1 is 1.65 bits per heavy atom. The standard InChI is InChI=1S/C12H20N4O/c1-3-16(8-10-5-4-6-13-10)12(17)11-7-14-15-9(11)2/h7,10,13H,3-6,8H2,1-2H3,(H,14,15). The number of aryl methyl sites for hydroxylation is 1. The molecule has 1 fully saturated rings. The summed E-state index contributed by atoms with van der Waals surface area (Å²) in [6.45, 7) is 6.49. The topological polar surface area (TPSA) is 61.0 Å². The molecule has 1 unspecified atom stereocenters. The molecular weight excluding hydrogens is 216 g/mol. The fraction of sp³-hybridized carbons (Fsp3) is 0.667. The largest absolute Gasteiger partial charge is 0.337 e. The predicted molar refractivity (Wildman–Crippen MR) is 65.9 cm³/mol. The number of nitrogens with one attached hydrogen (secondary N) is 2. The normalized spacial score (nSPS) is 19.5. The van der Waals surface area contributed by atoms with E-state index in [2.05, 4.69) is 15.5 Å². The lowest BCUT2D eigenvalue weighted by molar-refractivity contribution is 0.0750. The Kier molecular flexibility index (Phi) is 3.78. The number of rotatable bonds is 4. The van der Waals surface area contributed by atoms with Crippen LogP contribution >= 0.6 is 0 Å². The SMILES string of the molecule is CCN(CC1CCCN1)C(=O)c1cn[nH]c1C. The van der Waals surface area contributed by atoms with E-state index in [9.17, 15) is 4.79 Å². The molecule has 1 aliphatic rings. The molecule has 0 bridgehead atoms. The highest BCUT2D eigenvalue weighted by molar-refractivity contribution is 5.95. The number of hydrogen-bond acceptors (Lipinski definition) is 3. The van der Waals surface area contributed by atoms with Crippen LogP contribution in [-0.2, 0) is 0 Å². The van der Waals surface area contributed by atoms with Crippen molar-refractivity contribution in [3.63, 3.8) is 0 Å². The molecule has 1 atom stereocenters. The summed E-state index contributed by atoms with van der Waals surface area (Å²) < 4.78 is 0. The lowest BCUT2D eigenvalue weighted by Crippen LogP contribution is -2.41. The van der Waals surface area contributed by atoms with Crippen LogP contribution < -0.4 is 5.32 Å². The minimum absolute atomic E-state index is 0.0763. The van der Waals surface area contributed by atoms with Crippen LogP contribution in [0.2, 0.25) is 0 Å². The van der Waals surface area contributed by atoms with E-state index in [-0.39, 0.29) is 5.91 Å². The van der Waals surface area contributed by atoms with Crippen molar-refractivity contribution in [2.75, 3.05) is 19.6 Å². The Bertz CT molecular complexity index is 382. The molecule has 0 aliphatic carbocycles. The molecule has 1 aliphatic heterocycles. The first-order valence-corrected chi connectivity index (χ1v) is 6.25. The van der Waals surface area contributed by atoms with Gasteiger partial charge in [-0.25, -0.2) is 0 Å². The summed E-state index contributed by atoms with van der Waals surface area (Å²) in [4.78, 5) is 14.2. The Labute approximate surface area is 102 Å². The van der Waals surface area contributed by atoms with E-state index in [1.807, 2.05) is 18.7 Å². The molecule has 17 heavy (non-hydrogen) atoms. The van der Waals surface area contributed by atoms with Gasteiger partial charge in [0.15, 0.2) is 0 Å². The third-order valence-corrected chi connectivity index (χ3v) is 3.33. The number of H-pyrrole nitrogens is 1. The van der Waals surface area contributed by atoms with Gasteiger partial charge in [-0.1, -0.05) is 0 Å². The molecule has 0 spiro atoms. The number of aromatic amines is 1. The molecule has 1 saturated heterocycles. The maximum atomic E-state index is 12.3. The first-order valence-electron chi connectivity index (χ1n) is 6.25. The van der Waals surface area contributed by atoms with Crippen LogP contribution in [0.15, 0.2) is 6.20 Å². The second-order valence-electron chi connectivity index (χ2n) is 4.55. The molecule has 5 heteroatoms. The number of hydrogen-bond donors (Lipinski definition) is 2. The van der Waals surface area contributed by atoms with Crippen LogP contribution in [0.4, 0.5) is 0 Å². The van der Waals surface area contributed by atoms with Crippen LogP contribution in [0.5, 0.6) is 0 Å². The maximum Gasteiger partial charge on any atom is 0.257 e. The smallest absolute Gasteiger partial charge is 0.257 e. The second kappa shape index (κ2) is 5.31. The second-order valence-corrected chi connectivity index (χ2v) is 4.55. The van der Waals surface area contributed by atoms with Gasteiger partial charge in [-0.3, -0.25) is 9.89 Å². The van der Waals surface area contributed by atoms with Crippen LogP contribution in [0, 0.1) is 6.92 Å². The van der Waals surface area contributed by atoms with Gasteiger partial charge in [-0.15, -0.1) is 0 Å². The van der Waals surface area contributed by atoms with Gasteiger partial charge in [0.25, 0.3) is 5.91 Å². The zero-order valence-corrected chi connectivity index (χ0v) is 10.5. The zero-order valence-electron chi connectivity index (χ0n) is 10.5. The lowest BCUT2D eigenvalue weighted by atomic mass is 10.2. The summed E-state index contributed by atoms with van der Waals surface area (Å²) in [6, 6.07) is 0.450. The number of nitrogens with zero attached hydrogens (tertiary/aromatic N) is 2. The summed E-state index contributed by atoms with van der Waals surface area (Å²) in [5, 5.41) is 10.1. The van der Waals surface area contributed by atoms with E-state index in [1.54, 1.807) is 6.20 Å². The van der Waals surface area contributed by atoms with Gasteiger partial charge in [-0.05, 0) is 33.2 Å². The number of amides is 1. The van der Waals surface area contributed by atoms with Gasteiger partial charge >= 0.3 is 0 Å². The lowest BCUT2D eigenvalue weighted by Gasteiger charge is -2.24. The third kappa shape index (κ3) is 2.66. The minimum Gasteiger partial charge on any atom is -0.337 e. The Morgan fingerprint density at radius 2 is 2.47 bits per heavy atom. The predicted octanol–water partition coefficient (Wildman–Crippen LogP) is 0.932. The molecule has 2 N–H and O–H groups in total. The van der Waals surface area contributed by atoms with Crippen LogP contribution in [0.25, 0.3) is 0 Å². The van der Waals surface area contributed by atoms with Gasteiger partial charge < -0.3 is 10.2 Å². The number of aromatic nitrogens is 2. The fourth-order valence-electron chi connectivity index (χ4n) is 2.27. The molecule has 1 aromatic heterocycles. The van der Waals surface area contributed by atoms with Gasteiger partial charge in [0.1, 0.15) is 0 Å². The van der Waals surface area contributed by atoms with E-state index < -0.39 is 0 Å². The first kappa shape index (κ1) is 12.1. The first-order chi connectivity index (χ1) is 8.22. The quantitative estimate of drug-likeness (QED) is 0.817. The van der Waals surface area contributed by atoms with Crippen molar-refractivity contribution in [2.45, 2.75) is 32.7 Å². The molecular formula is C12H20N4O. The van der Waals surface area contributed by atoms with Gasteiger partial charge in [-0.2, -0.15) is 5.10 Å². The summed E-state index contributed by atoms with van der Waals surface area (Å²) in [6.07, 6.45) is 3.98. The summed E-state index contributed by atoms with van der Waals surface area (Å²) in [7, 11) is 0. The number of likely N-dealkylation sites (N-methyl/N-ethyl adjacent to an activating group) is 1. The van der Waals surface area contributed by atoms with Gasteiger partial charge in [0.05, 0.1) is 11.8 Å². The van der Waals surface area contributed by atoms with Crippen molar-refractivity contribution < 1.29 is 4.79 Å². The number of carbonyl (C=O) groups is 1. The monoisotopic (exact) mass is 236 g/mol. The third-order valence-electron chi connectivity index (χ3n) is 3.33. The molecule has 0 aromatic carbocycles. The molecule has 2 rings (SSSR count). The van der Waals surface area contributed by atoms with E-state index in [0.29, 0.717) is 11.6 Å². The van der Waals surface area contributed by atoms with Crippen LogP contribution in [0.3, 0.4) is 0 Å².